The number of hydrogen-bond acceptors (Lipinski definition) is 3. The maximum Gasteiger partial charge on any atom is 0.492 e. The second-order valence-electron chi connectivity index (χ2n) is 4.25. The summed E-state index contributed by atoms with van der Waals surface area (Å²) in [7, 11) is 0. The average molecular weight is 225 g/mol. The number of alkyl halides is 3. The number of nitrogens with zero attached hydrogens (tertiary/aromatic N) is 1. The first-order valence-corrected chi connectivity index (χ1v) is 4.80. The van der Waals surface area contributed by atoms with E-state index < -0.39 is 17.7 Å². The maximum atomic E-state index is 12.0. The molecular weight excluding hydrogens is 211 g/mol. The molecule has 1 heterocycles. The van der Waals surface area contributed by atoms with Crippen LogP contribution in [0.4, 0.5) is 13.2 Å². The van der Waals surface area contributed by atoms with Crippen LogP contribution in [-0.2, 0) is 9.63 Å². The first kappa shape index (κ1) is 12.3. The van der Waals surface area contributed by atoms with Crippen LogP contribution in [-0.4, -0.2) is 29.3 Å². The van der Waals surface area contributed by atoms with Crippen molar-refractivity contribution in [2.24, 2.45) is 0 Å². The van der Waals surface area contributed by atoms with Crippen LogP contribution in [0.2, 0.25) is 0 Å². The van der Waals surface area contributed by atoms with Gasteiger partial charge in [0.2, 0.25) is 0 Å². The third kappa shape index (κ3) is 3.09. The minimum absolute atomic E-state index is 0.356. The maximum absolute atomic E-state index is 12.0. The van der Waals surface area contributed by atoms with Crippen molar-refractivity contribution in [3.63, 3.8) is 0 Å². The third-order valence-electron chi connectivity index (χ3n) is 2.50. The average Bonchev–Trinajstić information content (AvgIpc) is 2.06. The Balaban J connectivity index is 2.61. The Morgan fingerprint density at radius 3 is 2.40 bits per heavy atom. The molecule has 0 spiro atoms. The number of carbonyl (C=O) groups excluding carboxylic acids is 1. The van der Waals surface area contributed by atoms with E-state index in [1.165, 1.54) is 0 Å². The Hall–Kier alpha value is -0.780. The van der Waals surface area contributed by atoms with Gasteiger partial charge in [-0.2, -0.15) is 13.2 Å². The molecule has 0 bridgehead atoms. The highest BCUT2D eigenvalue weighted by Gasteiger charge is 2.44. The smallest absolute Gasteiger partial charge is 0.360 e. The molecule has 0 atom stereocenters. The summed E-state index contributed by atoms with van der Waals surface area (Å²) in [5.41, 5.74) is -0.515. The zero-order valence-electron chi connectivity index (χ0n) is 8.73. The molecule has 0 unspecified atom stereocenters. The van der Waals surface area contributed by atoms with Crippen LogP contribution >= 0.6 is 0 Å². The summed E-state index contributed by atoms with van der Waals surface area (Å²) in [6, 6.07) is 0. The third-order valence-corrected chi connectivity index (χ3v) is 2.50. The highest BCUT2D eigenvalue weighted by molar-refractivity contribution is 5.75. The Morgan fingerprint density at radius 1 is 1.33 bits per heavy atom. The Bertz CT molecular complexity index is 250. The molecular formula is C9H14F3NO2. The predicted molar refractivity (Wildman–Crippen MR) is 46.8 cm³/mol. The van der Waals surface area contributed by atoms with Crippen molar-refractivity contribution >= 4 is 5.97 Å². The van der Waals surface area contributed by atoms with Gasteiger partial charge in [-0.25, -0.2) is 4.79 Å². The number of rotatable bonds is 1. The molecule has 0 radical (unpaired) electrons. The lowest BCUT2D eigenvalue weighted by molar-refractivity contribution is -0.261. The first-order chi connectivity index (χ1) is 6.73. The molecule has 0 aromatic heterocycles. The van der Waals surface area contributed by atoms with Crippen molar-refractivity contribution in [2.75, 3.05) is 6.54 Å². The van der Waals surface area contributed by atoms with E-state index in [0.717, 1.165) is 24.3 Å². The normalized spacial score (nSPS) is 22.5. The summed E-state index contributed by atoms with van der Waals surface area (Å²) in [6.07, 6.45) is -2.52. The van der Waals surface area contributed by atoms with E-state index in [9.17, 15) is 18.0 Å². The van der Waals surface area contributed by atoms with Gasteiger partial charge in [0.25, 0.3) is 0 Å². The predicted octanol–water partition coefficient (Wildman–Crippen LogP) is 2.27. The van der Waals surface area contributed by atoms with E-state index in [1.807, 2.05) is 0 Å². The van der Waals surface area contributed by atoms with E-state index in [4.69, 9.17) is 0 Å². The van der Waals surface area contributed by atoms with Gasteiger partial charge in [0, 0.05) is 6.54 Å². The fourth-order valence-corrected chi connectivity index (χ4v) is 1.56. The zero-order valence-corrected chi connectivity index (χ0v) is 8.73. The van der Waals surface area contributed by atoms with Gasteiger partial charge in [-0.1, -0.05) is 6.42 Å². The summed E-state index contributed by atoms with van der Waals surface area (Å²) in [4.78, 5) is 15.0. The van der Waals surface area contributed by atoms with Gasteiger partial charge in [0.1, 0.15) is 0 Å². The quantitative estimate of drug-likeness (QED) is 0.685. The molecule has 88 valence electrons. The lowest BCUT2D eigenvalue weighted by atomic mass is 9.93. The molecule has 0 aromatic rings. The van der Waals surface area contributed by atoms with E-state index in [2.05, 4.69) is 4.84 Å². The molecule has 1 fully saturated rings. The summed E-state index contributed by atoms with van der Waals surface area (Å²) < 4.78 is 35.9. The molecule has 1 rings (SSSR count). The Labute approximate surface area is 86.1 Å². The number of hydrogen-bond donors (Lipinski definition) is 0. The van der Waals surface area contributed by atoms with Crippen LogP contribution in [0.5, 0.6) is 0 Å². The number of piperidine rings is 1. The van der Waals surface area contributed by atoms with Crippen LogP contribution in [0.25, 0.3) is 0 Å². The fourth-order valence-electron chi connectivity index (χ4n) is 1.56. The van der Waals surface area contributed by atoms with E-state index in [1.54, 1.807) is 13.8 Å². The second kappa shape index (κ2) is 4.00. The van der Waals surface area contributed by atoms with Crippen molar-refractivity contribution in [1.29, 1.82) is 0 Å². The number of halogens is 3. The van der Waals surface area contributed by atoms with E-state index >= 15 is 0 Å². The molecule has 0 aromatic carbocycles. The van der Waals surface area contributed by atoms with Crippen LogP contribution in [0.1, 0.15) is 33.1 Å². The van der Waals surface area contributed by atoms with Crippen LogP contribution in [0, 0.1) is 0 Å². The zero-order chi connectivity index (χ0) is 11.7. The van der Waals surface area contributed by atoms with E-state index in [-0.39, 0.29) is 0 Å². The summed E-state index contributed by atoms with van der Waals surface area (Å²) in [5, 5.41) is 1.13. The molecule has 6 heteroatoms. The highest BCUT2D eigenvalue weighted by Crippen LogP contribution is 2.29. The summed E-state index contributed by atoms with van der Waals surface area (Å²) in [6.45, 7) is 3.88. The van der Waals surface area contributed by atoms with Crippen LogP contribution in [0.3, 0.4) is 0 Å². The summed E-state index contributed by atoms with van der Waals surface area (Å²) >= 11 is 0. The van der Waals surface area contributed by atoms with Crippen molar-refractivity contribution < 1.29 is 22.8 Å². The summed E-state index contributed by atoms with van der Waals surface area (Å²) in [5.74, 6) is -2.14. The minimum atomic E-state index is -4.92. The Morgan fingerprint density at radius 2 is 1.93 bits per heavy atom. The monoisotopic (exact) mass is 225 g/mol. The largest absolute Gasteiger partial charge is 0.492 e. The van der Waals surface area contributed by atoms with Gasteiger partial charge in [0.05, 0.1) is 5.54 Å². The highest BCUT2D eigenvalue weighted by atomic mass is 19.4. The molecule has 0 saturated carbocycles. The molecule has 0 amide bonds. The lowest BCUT2D eigenvalue weighted by Gasteiger charge is -2.40. The number of hydroxylamine groups is 2. The molecule has 0 aliphatic carbocycles. The van der Waals surface area contributed by atoms with Gasteiger partial charge >= 0.3 is 12.1 Å². The molecule has 1 aliphatic rings. The van der Waals surface area contributed by atoms with Crippen LogP contribution < -0.4 is 0 Å². The van der Waals surface area contributed by atoms with Crippen molar-refractivity contribution in [2.45, 2.75) is 44.8 Å². The van der Waals surface area contributed by atoms with Gasteiger partial charge in [-0.3, -0.25) is 0 Å². The standard InChI is InChI=1S/C9H14F3NO2/c1-8(2)5-3-4-6-13(8)15-7(14)9(10,11)12/h3-6H2,1-2H3. The van der Waals surface area contributed by atoms with Crippen LogP contribution in [0.15, 0.2) is 0 Å². The molecule has 1 aliphatic heterocycles. The van der Waals surface area contributed by atoms with Gasteiger partial charge in [-0.05, 0) is 26.7 Å². The molecule has 0 N–H and O–H groups in total. The number of carbonyl (C=O) groups is 1. The van der Waals surface area contributed by atoms with Gasteiger partial charge in [-0.15, -0.1) is 5.06 Å². The van der Waals surface area contributed by atoms with Crippen molar-refractivity contribution in [3.8, 4) is 0 Å². The minimum Gasteiger partial charge on any atom is -0.360 e. The molecule has 15 heavy (non-hydrogen) atoms. The van der Waals surface area contributed by atoms with E-state index in [0.29, 0.717) is 6.54 Å². The van der Waals surface area contributed by atoms with Gasteiger partial charge in [0.15, 0.2) is 0 Å². The molecule has 1 saturated heterocycles. The first-order valence-electron chi connectivity index (χ1n) is 4.80. The lowest BCUT2D eigenvalue weighted by Crippen LogP contribution is -2.49. The fraction of sp³-hybridized carbons (Fsp3) is 0.889. The van der Waals surface area contributed by atoms with Gasteiger partial charge < -0.3 is 4.84 Å². The second-order valence-corrected chi connectivity index (χ2v) is 4.25. The van der Waals surface area contributed by atoms with Crippen molar-refractivity contribution in [1.82, 2.24) is 5.06 Å². The van der Waals surface area contributed by atoms with Crippen molar-refractivity contribution in [3.05, 3.63) is 0 Å². The Kier molecular flexibility index (Phi) is 3.28. The molecule has 3 nitrogen and oxygen atoms in total. The SMILES string of the molecule is CC1(C)CCCCN1OC(=O)C(F)(F)F. The topological polar surface area (TPSA) is 29.5 Å².